The van der Waals surface area contributed by atoms with Gasteiger partial charge in [0.2, 0.25) is 0 Å². The molecular weight excluding hydrogens is 136 g/mol. The number of hydrogen-bond donors (Lipinski definition) is 0. The largest absolute Gasteiger partial charge is 2.00 e. The van der Waals surface area contributed by atoms with Crippen LogP contribution in [0.25, 0.3) is 0 Å². The van der Waals surface area contributed by atoms with Crippen molar-refractivity contribution in [1.29, 1.82) is 0 Å². The predicted octanol–water partition coefficient (Wildman–Crippen LogP) is -3.07. The maximum atomic E-state index is 10.1. The third-order valence-corrected chi connectivity index (χ3v) is 0.499. The Balaban J connectivity index is -0.000000125. The van der Waals surface area contributed by atoms with E-state index >= 15 is 0 Å². The Morgan fingerprint density at radius 3 is 2.12 bits per heavy atom. The molecule has 44 valence electrons. The van der Waals surface area contributed by atoms with Crippen molar-refractivity contribution in [2.24, 2.45) is 0 Å². The standard InChI is InChI=1S/C5H9O.ClH.Mg/c1-3-4-5(2)6;;/h3,5H,1,4H2,2H3;1H;/q-1;;+2/p-1. The van der Waals surface area contributed by atoms with Crippen LogP contribution in [0.2, 0.25) is 0 Å². The molecule has 0 amide bonds. The van der Waals surface area contributed by atoms with Crippen molar-refractivity contribution in [2.45, 2.75) is 19.4 Å². The molecule has 1 nitrogen and oxygen atoms in total. The fraction of sp³-hybridized carbons (Fsp3) is 0.600. The Morgan fingerprint density at radius 1 is 1.75 bits per heavy atom. The first-order chi connectivity index (χ1) is 2.77. The van der Waals surface area contributed by atoms with Gasteiger partial charge in [-0.2, -0.15) is 0 Å². The van der Waals surface area contributed by atoms with Crippen molar-refractivity contribution < 1.29 is 17.5 Å². The minimum atomic E-state index is -0.470. The van der Waals surface area contributed by atoms with Crippen molar-refractivity contribution in [1.82, 2.24) is 0 Å². The van der Waals surface area contributed by atoms with Crippen molar-refractivity contribution in [2.75, 3.05) is 0 Å². The zero-order valence-corrected chi connectivity index (χ0v) is 7.23. The van der Waals surface area contributed by atoms with E-state index in [1.54, 1.807) is 13.0 Å². The van der Waals surface area contributed by atoms with E-state index in [2.05, 4.69) is 6.58 Å². The molecule has 8 heavy (non-hydrogen) atoms. The number of rotatable bonds is 2. The van der Waals surface area contributed by atoms with Gasteiger partial charge in [0.15, 0.2) is 0 Å². The normalized spacial score (nSPS) is 10.2. The molecule has 0 saturated heterocycles. The molecule has 0 fully saturated rings. The van der Waals surface area contributed by atoms with Crippen LogP contribution in [0, 0.1) is 0 Å². The minimum absolute atomic E-state index is 0. The van der Waals surface area contributed by atoms with Crippen LogP contribution in [0.4, 0.5) is 0 Å². The van der Waals surface area contributed by atoms with Crippen molar-refractivity contribution in [3.8, 4) is 0 Å². The molecule has 0 aromatic rings. The summed E-state index contributed by atoms with van der Waals surface area (Å²) in [4.78, 5) is 0. The summed E-state index contributed by atoms with van der Waals surface area (Å²) in [7, 11) is 0. The summed E-state index contributed by atoms with van der Waals surface area (Å²) in [5.74, 6) is 0. The van der Waals surface area contributed by atoms with E-state index in [-0.39, 0.29) is 35.5 Å². The Hall–Kier alpha value is 0.756. The van der Waals surface area contributed by atoms with Gasteiger partial charge in [0, 0.05) is 0 Å². The topological polar surface area (TPSA) is 23.1 Å². The first kappa shape index (κ1) is 15.9. The first-order valence-corrected chi connectivity index (χ1v) is 2.04. The van der Waals surface area contributed by atoms with Gasteiger partial charge in [0.05, 0.1) is 0 Å². The van der Waals surface area contributed by atoms with Gasteiger partial charge in [-0.05, 0) is 6.42 Å². The molecule has 0 rings (SSSR count). The monoisotopic (exact) mass is 144 g/mol. The van der Waals surface area contributed by atoms with Gasteiger partial charge in [0.25, 0.3) is 0 Å². The van der Waals surface area contributed by atoms with E-state index in [0.29, 0.717) is 6.42 Å². The second-order valence-electron chi connectivity index (χ2n) is 1.33. The third kappa shape index (κ3) is 15.9. The smallest absolute Gasteiger partial charge is 1.00 e. The summed E-state index contributed by atoms with van der Waals surface area (Å²) < 4.78 is 0. The Labute approximate surface area is 72.7 Å². The molecule has 0 radical (unpaired) electrons. The molecule has 0 aliphatic heterocycles. The molecule has 3 heteroatoms. The molecule has 0 N–H and O–H groups in total. The summed E-state index contributed by atoms with van der Waals surface area (Å²) in [6.45, 7) is 5.03. The molecule has 0 spiro atoms. The van der Waals surface area contributed by atoms with Crippen LogP contribution >= 0.6 is 0 Å². The maximum absolute atomic E-state index is 10.1. The molecule has 0 bridgehead atoms. The maximum Gasteiger partial charge on any atom is 2.00 e. The molecular formula is C5H9ClMgO. The summed E-state index contributed by atoms with van der Waals surface area (Å²) >= 11 is 0. The van der Waals surface area contributed by atoms with E-state index < -0.39 is 6.10 Å². The van der Waals surface area contributed by atoms with E-state index in [1.807, 2.05) is 0 Å². The third-order valence-electron chi connectivity index (χ3n) is 0.499. The average Bonchev–Trinajstić information content (AvgIpc) is 1.35. The molecule has 0 aliphatic carbocycles. The molecule has 0 aromatic heterocycles. The van der Waals surface area contributed by atoms with Crippen LogP contribution in [-0.4, -0.2) is 29.2 Å². The van der Waals surface area contributed by atoms with Crippen LogP contribution in [0.15, 0.2) is 12.7 Å². The minimum Gasteiger partial charge on any atom is -1.00 e. The SMILES string of the molecule is C=CCC(C)[O-].[Cl-].[Mg+2]. The molecule has 0 aromatic carbocycles. The van der Waals surface area contributed by atoms with E-state index in [9.17, 15) is 5.11 Å². The number of hydrogen-bond acceptors (Lipinski definition) is 1. The van der Waals surface area contributed by atoms with Gasteiger partial charge in [-0.25, -0.2) is 0 Å². The van der Waals surface area contributed by atoms with E-state index in [4.69, 9.17) is 0 Å². The van der Waals surface area contributed by atoms with Gasteiger partial charge in [-0.3, -0.25) is 0 Å². The fourth-order valence-corrected chi connectivity index (χ4v) is 0.235. The van der Waals surface area contributed by atoms with Gasteiger partial charge >= 0.3 is 23.1 Å². The van der Waals surface area contributed by atoms with Crippen LogP contribution in [0.1, 0.15) is 13.3 Å². The zero-order chi connectivity index (χ0) is 4.99. The van der Waals surface area contributed by atoms with Crippen molar-refractivity contribution in [3.63, 3.8) is 0 Å². The molecule has 0 saturated carbocycles. The van der Waals surface area contributed by atoms with Gasteiger partial charge in [-0.1, -0.05) is 13.0 Å². The molecule has 1 atom stereocenters. The van der Waals surface area contributed by atoms with E-state index in [1.165, 1.54) is 0 Å². The second kappa shape index (κ2) is 10.7. The van der Waals surface area contributed by atoms with Crippen LogP contribution < -0.4 is 17.5 Å². The number of halogens is 1. The fourth-order valence-electron chi connectivity index (χ4n) is 0.235. The predicted molar refractivity (Wildman–Crippen MR) is 30.0 cm³/mol. The zero-order valence-electron chi connectivity index (χ0n) is 5.06. The Bertz CT molecular complexity index is 47.7. The Morgan fingerprint density at radius 2 is 2.12 bits per heavy atom. The van der Waals surface area contributed by atoms with E-state index in [0.717, 1.165) is 0 Å². The Kier molecular flexibility index (Phi) is 21.2. The van der Waals surface area contributed by atoms with Crippen molar-refractivity contribution in [3.05, 3.63) is 12.7 Å². The summed E-state index contributed by atoms with van der Waals surface area (Å²) in [5.41, 5.74) is 0. The summed E-state index contributed by atoms with van der Waals surface area (Å²) in [6.07, 6.45) is 1.75. The van der Waals surface area contributed by atoms with Gasteiger partial charge in [0.1, 0.15) is 0 Å². The quantitative estimate of drug-likeness (QED) is 0.298. The van der Waals surface area contributed by atoms with Gasteiger partial charge in [-0.15, -0.1) is 12.7 Å². The summed E-state index contributed by atoms with van der Waals surface area (Å²) in [5, 5.41) is 10.1. The average molecular weight is 145 g/mol. The van der Waals surface area contributed by atoms with Crippen LogP contribution in [-0.2, 0) is 0 Å². The first-order valence-electron chi connectivity index (χ1n) is 2.04. The molecule has 0 aliphatic rings. The molecule has 0 heterocycles. The van der Waals surface area contributed by atoms with Crippen LogP contribution in [0.5, 0.6) is 0 Å². The van der Waals surface area contributed by atoms with Crippen molar-refractivity contribution >= 4 is 23.1 Å². The van der Waals surface area contributed by atoms with Gasteiger partial charge < -0.3 is 17.5 Å². The summed E-state index contributed by atoms with van der Waals surface area (Å²) in [6, 6.07) is 0. The van der Waals surface area contributed by atoms with Crippen LogP contribution in [0.3, 0.4) is 0 Å². The second-order valence-corrected chi connectivity index (χ2v) is 1.33. The molecule has 1 unspecified atom stereocenters.